The van der Waals surface area contributed by atoms with E-state index in [-0.39, 0.29) is 0 Å². The Kier molecular flexibility index (Phi) is 3.62. The summed E-state index contributed by atoms with van der Waals surface area (Å²) in [6.45, 7) is 1.84. The van der Waals surface area contributed by atoms with Crippen LogP contribution in [0.5, 0.6) is 0 Å². The van der Waals surface area contributed by atoms with Crippen LogP contribution in [0.4, 0.5) is 0 Å². The summed E-state index contributed by atoms with van der Waals surface area (Å²) in [6.07, 6.45) is 5.69. The Balaban J connectivity index is 2.13. The molecule has 0 aliphatic carbocycles. The van der Waals surface area contributed by atoms with Crippen molar-refractivity contribution in [2.24, 2.45) is 0 Å². The predicted octanol–water partition coefficient (Wildman–Crippen LogP) is 3.21. The highest BCUT2D eigenvalue weighted by atomic mass is 79.9. The van der Waals surface area contributed by atoms with Crippen LogP contribution in [-0.2, 0) is 0 Å². The van der Waals surface area contributed by atoms with Gasteiger partial charge in [0.15, 0.2) is 6.29 Å². The van der Waals surface area contributed by atoms with Gasteiger partial charge in [0.1, 0.15) is 11.4 Å². The number of benzene rings is 1. The van der Waals surface area contributed by atoms with Gasteiger partial charge in [0.05, 0.1) is 16.9 Å². The first-order chi connectivity index (χ1) is 10.2. The molecule has 5 nitrogen and oxygen atoms in total. The van der Waals surface area contributed by atoms with E-state index in [9.17, 15) is 4.79 Å². The van der Waals surface area contributed by atoms with E-state index in [1.54, 1.807) is 23.3 Å². The van der Waals surface area contributed by atoms with Crippen LogP contribution < -0.4 is 0 Å². The van der Waals surface area contributed by atoms with Crippen molar-refractivity contribution in [3.63, 3.8) is 0 Å². The molecular formula is C15H11BrN4O. The summed E-state index contributed by atoms with van der Waals surface area (Å²) in [5, 5.41) is 4.48. The average molecular weight is 343 g/mol. The molecule has 0 atom stereocenters. The van der Waals surface area contributed by atoms with Gasteiger partial charge in [-0.3, -0.25) is 14.8 Å². The zero-order chi connectivity index (χ0) is 14.8. The Hall–Kier alpha value is -2.34. The summed E-state index contributed by atoms with van der Waals surface area (Å²) in [7, 11) is 0. The third-order valence-corrected chi connectivity index (χ3v) is 3.59. The lowest BCUT2D eigenvalue weighted by molar-refractivity contribution is 0.112. The number of hydrogen-bond donors (Lipinski definition) is 0. The van der Waals surface area contributed by atoms with Crippen molar-refractivity contribution in [2.45, 2.75) is 6.92 Å². The Labute approximate surface area is 129 Å². The minimum atomic E-state index is 0.488. The molecule has 0 spiro atoms. The van der Waals surface area contributed by atoms with Gasteiger partial charge in [0, 0.05) is 23.1 Å². The molecule has 104 valence electrons. The first-order valence-electron chi connectivity index (χ1n) is 6.28. The topological polar surface area (TPSA) is 60.7 Å². The molecule has 21 heavy (non-hydrogen) atoms. The third-order valence-electron chi connectivity index (χ3n) is 3.07. The van der Waals surface area contributed by atoms with Gasteiger partial charge in [0.2, 0.25) is 0 Å². The molecule has 0 N–H and O–H groups in total. The summed E-state index contributed by atoms with van der Waals surface area (Å²) in [5.41, 5.74) is 3.26. The molecule has 0 unspecified atom stereocenters. The zero-order valence-corrected chi connectivity index (χ0v) is 12.8. The zero-order valence-electron chi connectivity index (χ0n) is 11.2. The van der Waals surface area contributed by atoms with Crippen LogP contribution in [0, 0.1) is 6.92 Å². The second-order valence-corrected chi connectivity index (χ2v) is 5.38. The number of aldehydes is 1. The van der Waals surface area contributed by atoms with Crippen molar-refractivity contribution in [2.75, 3.05) is 0 Å². The van der Waals surface area contributed by atoms with Gasteiger partial charge in [-0.2, -0.15) is 5.10 Å². The molecule has 0 fully saturated rings. The number of nitrogens with zero attached hydrogens (tertiary/aromatic N) is 4. The van der Waals surface area contributed by atoms with Gasteiger partial charge in [-0.15, -0.1) is 0 Å². The van der Waals surface area contributed by atoms with Gasteiger partial charge in [-0.05, 0) is 31.2 Å². The fraction of sp³-hybridized carbons (Fsp3) is 0.0667. The van der Waals surface area contributed by atoms with Crippen molar-refractivity contribution >= 4 is 22.2 Å². The highest BCUT2D eigenvalue weighted by Crippen LogP contribution is 2.23. The monoisotopic (exact) mass is 342 g/mol. The second-order valence-electron chi connectivity index (χ2n) is 4.46. The van der Waals surface area contributed by atoms with Crippen molar-refractivity contribution in [1.82, 2.24) is 19.7 Å². The molecule has 3 rings (SSSR count). The highest BCUT2D eigenvalue weighted by Gasteiger charge is 2.15. The lowest BCUT2D eigenvalue weighted by Crippen LogP contribution is -1.96. The molecule has 2 heterocycles. The minimum absolute atomic E-state index is 0.488. The summed E-state index contributed by atoms with van der Waals surface area (Å²) in [5.74, 6) is 0. The van der Waals surface area contributed by atoms with E-state index in [0.29, 0.717) is 17.0 Å². The Morgan fingerprint density at radius 1 is 1.10 bits per heavy atom. The molecule has 0 saturated heterocycles. The van der Waals surface area contributed by atoms with Gasteiger partial charge in [-0.25, -0.2) is 4.68 Å². The van der Waals surface area contributed by atoms with Crippen LogP contribution in [0.15, 0.2) is 47.3 Å². The normalized spacial score (nSPS) is 10.6. The predicted molar refractivity (Wildman–Crippen MR) is 82.4 cm³/mol. The van der Waals surface area contributed by atoms with E-state index in [2.05, 4.69) is 31.0 Å². The van der Waals surface area contributed by atoms with Gasteiger partial charge < -0.3 is 0 Å². The maximum Gasteiger partial charge on any atom is 0.153 e. The molecule has 1 aromatic carbocycles. The van der Waals surface area contributed by atoms with Crippen molar-refractivity contribution in [3.8, 4) is 17.1 Å². The minimum Gasteiger partial charge on any atom is -0.298 e. The van der Waals surface area contributed by atoms with Crippen molar-refractivity contribution in [3.05, 3.63) is 58.6 Å². The fourth-order valence-electron chi connectivity index (χ4n) is 2.02. The number of aromatic nitrogens is 4. The molecule has 0 bridgehead atoms. The number of halogens is 1. The Morgan fingerprint density at radius 2 is 1.81 bits per heavy atom. The standard InChI is InChI=1S/C15H11BrN4O/c1-10-14(18-7-6-17-10)15-11(9-21)8-20(19-15)13-4-2-12(16)3-5-13/h2-9H,1H3. The van der Waals surface area contributed by atoms with E-state index in [1.165, 1.54) is 0 Å². The largest absolute Gasteiger partial charge is 0.298 e. The first-order valence-corrected chi connectivity index (χ1v) is 7.07. The lowest BCUT2D eigenvalue weighted by Gasteiger charge is -2.02. The van der Waals surface area contributed by atoms with Crippen LogP contribution >= 0.6 is 15.9 Å². The van der Waals surface area contributed by atoms with E-state index in [0.717, 1.165) is 22.1 Å². The number of carbonyl (C=O) groups is 1. The van der Waals surface area contributed by atoms with Gasteiger partial charge in [0.25, 0.3) is 0 Å². The number of carbonyl (C=O) groups excluding carboxylic acids is 1. The third kappa shape index (κ3) is 2.62. The SMILES string of the molecule is Cc1nccnc1-c1nn(-c2ccc(Br)cc2)cc1C=O. The van der Waals surface area contributed by atoms with Crippen LogP contribution in [0.2, 0.25) is 0 Å². The van der Waals surface area contributed by atoms with Crippen LogP contribution in [0.1, 0.15) is 16.1 Å². The summed E-state index contributed by atoms with van der Waals surface area (Å²) in [6, 6.07) is 7.67. The molecule has 0 amide bonds. The Bertz CT molecular complexity index is 796. The van der Waals surface area contributed by atoms with Crippen molar-refractivity contribution < 1.29 is 4.79 Å². The van der Waals surface area contributed by atoms with Crippen LogP contribution in [0.3, 0.4) is 0 Å². The second kappa shape index (κ2) is 5.57. The van der Waals surface area contributed by atoms with Gasteiger partial charge in [-0.1, -0.05) is 15.9 Å². The molecule has 0 radical (unpaired) electrons. The summed E-state index contributed by atoms with van der Waals surface area (Å²) < 4.78 is 2.65. The smallest absolute Gasteiger partial charge is 0.153 e. The van der Waals surface area contributed by atoms with Crippen LogP contribution in [-0.4, -0.2) is 26.0 Å². The van der Waals surface area contributed by atoms with Crippen molar-refractivity contribution in [1.29, 1.82) is 0 Å². The number of rotatable bonds is 3. The molecule has 0 saturated carbocycles. The van der Waals surface area contributed by atoms with Crippen LogP contribution in [0.25, 0.3) is 17.1 Å². The molecule has 3 aromatic rings. The first kappa shape index (κ1) is 13.6. The maximum absolute atomic E-state index is 11.3. The fourth-order valence-corrected chi connectivity index (χ4v) is 2.29. The van der Waals surface area contributed by atoms with E-state index in [1.807, 2.05) is 31.2 Å². The molecular weight excluding hydrogens is 332 g/mol. The summed E-state index contributed by atoms with van der Waals surface area (Å²) >= 11 is 3.39. The molecule has 2 aromatic heterocycles. The Morgan fingerprint density at radius 3 is 2.48 bits per heavy atom. The molecule has 0 aliphatic heterocycles. The maximum atomic E-state index is 11.3. The molecule has 6 heteroatoms. The summed E-state index contributed by atoms with van der Waals surface area (Å²) in [4.78, 5) is 19.8. The number of aryl methyl sites for hydroxylation is 1. The number of hydrogen-bond acceptors (Lipinski definition) is 4. The van der Waals surface area contributed by atoms with E-state index in [4.69, 9.17) is 0 Å². The lowest BCUT2D eigenvalue weighted by atomic mass is 10.2. The molecule has 0 aliphatic rings. The quantitative estimate of drug-likeness (QED) is 0.685. The van der Waals surface area contributed by atoms with E-state index >= 15 is 0 Å². The highest BCUT2D eigenvalue weighted by molar-refractivity contribution is 9.10. The van der Waals surface area contributed by atoms with E-state index < -0.39 is 0 Å². The van der Waals surface area contributed by atoms with Gasteiger partial charge >= 0.3 is 0 Å². The average Bonchev–Trinajstić information content (AvgIpc) is 2.92.